The zero-order valence-electron chi connectivity index (χ0n) is 13.6. The van der Waals surface area contributed by atoms with Gasteiger partial charge in [0, 0.05) is 16.6 Å². The van der Waals surface area contributed by atoms with Crippen molar-refractivity contribution >= 4 is 39.3 Å². The number of carbonyl (C=O) groups is 1. The van der Waals surface area contributed by atoms with Crippen LogP contribution in [0.25, 0.3) is 0 Å². The van der Waals surface area contributed by atoms with Crippen LogP contribution in [0.4, 0.5) is 5.69 Å². The van der Waals surface area contributed by atoms with Crippen molar-refractivity contribution in [2.45, 2.75) is 18.5 Å². The Bertz CT molecular complexity index is 867. The maximum atomic E-state index is 12.1. The minimum atomic E-state index is -0.0878. The van der Waals surface area contributed by atoms with Gasteiger partial charge in [0.25, 0.3) is 0 Å². The summed E-state index contributed by atoms with van der Waals surface area (Å²) >= 11 is 4.77. The molecule has 0 aliphatic heterocycles. The second-order valence-corrected chi connectivity index (χ2v) is 7.32. The third kappa shape index (κ3) is 5.17. The number of nitrogens with one attached hydrogen (secondary N) is 2. The molecule has 128 valence electrons. The van der Waals surface area contributed by atoms with Crippen molar-refractivity contribution in [1.82, 2.24) is 15.2 Å². The molecule has 25 heavy (non-hydrogen) atoms. The van der Waals surface area contributed by atoms with Crippen LogP contribution in [-0.2, 0) is 11.2 Å². The highest BCUT2D eigenvalue weighted by Crippen LogP contribution is 2.21. The Balaban J connectivity index is 1.51. The Morgan fingerprint density at radius 1 is 1.24 bits per heavy atom. The molecule has 1 heterocycles. The van der Waals surface area contributed by atoms with E-state index in [1.165, 1.54) is 11.8 Å². The molecule has 1 aromatic heterocycles. The maximum Gasteiger partial charge on any atom is 0.234 e. The highest BCUT2D eigenvalue weighted by molar-refractivity contribution is 9.10. The molecule has 5 nitrogen and oxygen atoms in total. The molecule has 0 spiro atoms. The first-order valence-corrected chi connectivity index (χ1v) is 9.52. The van der Waals surface area contributed by atoms with Crippen LogP contribution >= 0.6 is 27.7 Å². The van der Waals surface area contributed by atoms with E-state index < -0.39 is 0 Å². The number of H-pyrrole nitrogens is 1. The molecule has 0 bridgehead atoms. The summed E-state index contributed by atoms with van der Waals surface area (Å²) in [4.78, 5) is 16.5. The van der Waals surface area contributed by atoms with Gasteiger partial charge in [0.15, 0.2) is 0 Å². The number of thioether (sulfide) groups is 1. The van der Waals surface area contributed by atoms with Crippen LogP contribution in [-0.4, -0.2) is 26.8 Å². The Morgan fingerprint density at radius 3 is 2.80 bits per heavy atom. The van der Waals surface area contributed by atoms with Crippen LogP contribution in [0.15, 0.2) is 58.2 Å². The van der Waals surface area contributed by atoms with Crippen molar-refractivity contribution in [3.05, 3.63) is 70.0 Å². The van der Waals surface area contributed by atoms with Crippen LogP contribution in [0.3, 0.4) is 0 Å². The average Bonchev–Trinajstić information content (AvgIpc) is 3.05. The van der Waals surface area contributed by atoms with Crippen LogP contribution < -0.4 is 5.32 Å². The van der Waals surface area contributed by atoms with E-state index in [-0.39, 0.29) is 11.7 Å². The molecule has 2 aromatic carbocycles. The summed E-state index contributed by atoms with van der Waals surface area (Å²) in [6.07, 6.45) is 0.692. The summed E-state index contributed by atoms with van der Waals surface area (Å²) in [6.45, 7) is 2.00. The molecule has 3 rings (SSSR count). The first-order chi connectivity index (χ1) is 12.1. The standard InChI is InChI=1S/C18H17BrN4OS/c1-12-7-8-14(10-15(12)19)20-17(24)11-25-18-21-16(22-23-18)9-13-5-3-2-4-6-13/h2-8,10H,9,11H2,1H3,(H,20,24)(H,21,22,23). The SMILES string of the molecule is Cc1ccc(NC(=O)CSc2n[nH]c(Cc3ccccc3)n2)cc1Br. The Labute approximate surface area is 158 Å². The second kappa shape index (κ2) is 8.31. The predicted octanol–water partition coefficient (Wildman–Crippen LogP) is 4.20. The molecule has 0 aliphatic carbocycles. The normalized spacial score (nSPS) is 10.6. The fourth-order valence-electron chi connectivity index (χ4n) is 2.21. The monoisotopic (exact) mass is 416 g/mol. The van der Waals surface area contributed by atoms with Gasteiger partial charge in [-0.05, 0) is 30.2 Å². The fraction of sp³-hybridized carbons (Fsp3) is 0.167. The van der Waals surface area contributed by atoms with E-state index in [2.05, 4.69) is 36.4 Å². The molecule has 0 atom stereocenters. The van der Waals surface area contributed by atoms with Gasteiger partial charge in [-0.1, -0.05) is 64.1 Å². The molecule has 0 fully saturated rings. The zero-order chi connectivity index (χ0) is 17.6. The molecule has 0 saturated heterocycles. The molecule has 2 N–H and O–H groups in total. The number of anilines is 1. The summed E-state index contributed by atoms with van der Waals surface area (Å²) in [5.74, 6) is 0.959. The second-order valence-electron chi connectivity index (χ2n) is 5.53. The topological polar surface area (TPSA) is 70.7 Å². The number of halogens is 1. The van der Waals surface area contributed by atoms with Crippen LogP contribution in [0.1, 0.15) is 17.0 Å². The number of rotatable bonds is 6. The molecular formula is C18H17BrN4OS. The highest BCUT2D eigenvalue weighted by Gasteiger charge is 2.09. The number of nitrogens with zero attached hydrogens (tertiary/aromatic N) is 2. The lowest BCUT2D eigenvalue weighted by Gasteiger charge is -2.06. The van der Waals surface area contributed by atoms with E-state index in [1.807, 2.05) is 55.5 Å². The van der Waals surface area contributed by atoms with Gasteiger partial charge in [0.05, 0.1) is 5.75 Å². The summed E-state index contributed by atoms with van der Waals surface area (Å²) in [5, 5.41) is 10.5. The Hall–Kier alpha value is -2.12. The minimum Gasteiger partial charge on any atom is -0.325 e. The van der Waals surface area contributed by atoms with E-state index in [1.54, 1.807) is 0 Å². The van der Waals surface area contributed by atoms with Crippen molar-refractivity contribution in [2.24, 2.45) is 0 Å². The number of benzene rings is 2. The number of aromatic amines is 1. The van der Waals surface area contributed by atoms with Gasteiger partial charge in [-0.2, -0.15) is 0 Å². The van der Waals surface area contributed by atoms with Crippen molar-refractivity contribution in [1.29, 1.82) is 0 Å². The van der Waals surface area contributed by atoms with Gasteiger partial charge in [-0.15, -0.1) is 5.10 Å². The third-order valence-electron chi connectivity index (χ3n) is 3.51. The van der Waals surface area contributed by atoms with Gasteiger partial charge in [-0.25, -0.2) is 4.98 Å². The van der Waals surface area contributed by atoms with E-state index in [0.29, 0.717) is 11.6 Å². The van der Waals surface area contributed by atoms with E-state index >= 15 is 0 Å². The molecule has 3 aromatic rings. The number of amides is 1. The number of aryl methyl sites for hydroxylation is 1. The highest BCUT2D eigenvalue weighted by atomic mass is 79.9. The van der Waals surface area contributed by atoms with Crippen LogP contribution in [0.5, 0.6) is 0 Å². The molecule has 1 amide bonds. The van der Waals surface area contributed by atoms with Crippen LogP contribution in [0.2, 0.25) is 0 Å². The van der Waals surface area contributed by atoms with E-state index in [0.717, 1.165) is 27.1 Å². The first kappa shape index (κ1) is 17.7. The fourth-order valence-corrected chi connectivity index (χ4v) is 3.20. The number of hydrogen-bond acceptors (Lipinski definition) is 4. The number of carbonyl (C=O) groups excluding carboxylic acids is 1. The summed E-state index contributed by atoms with van der Waals surface area (Å²) in [6, 6.07) is 15.8. The maximum absolute atomic E-state index is 12.1. The molecule has 0 saturated carbocycles. The van der Waals surface area contributed by atoms with Crippen molar-refractivity contribution in [2.75, 3.05) is 11.1 Å². The molecule has 0 radical (unpaired) electrons. The van der Waals surface area contributed by atoms with Gasteiger partial charge in [0.2, 0.25) is 11.1 Å². The number of hydrogen-bond donors (Lipinski definition) is 2. The first-order valence-electron chi connectivity index (χ1n) is 7.74. The summed E-state index contributed by atoms with van der Waals surface area (Å²) in [5.41, 5.74) is 3.06. The van der Waals surface area contributed by atoms with E-state index in [4.69, 9.17) is 0 Å². The third-order valence-corrected chi connectivity index (χ3v) is 5.22. The summed E-state index contributed by atoms with van der Waals surface area (Å²) < 4.78 is 0.970. The largest absolute Gasteiger partial charge is 0.325 e. The Kier molecular flexibility index (Phi) is 5.88. The lowest BCUT2D eigenvalue weighted by molar-refractivity contribution is -0.113. The zero-order valence-corrected chi connectivity index (χ0v) is 16.0. The van der Waals surface area contributed by atoms with Crippen LogP contribution in [0, 0.1) is 6.92 Å². The molecule has 0 aliphatic rings. The van der Waals surface area contributed by atoms with Gasteiger partial charge >= 0.3 is 0 Å². The van der Waals surface area contributed by atoms with Gasteiger partial charge in [-0.3, -0.25) is 9.89 Å². The smallest absolute Gasteiger partial charge is 0.234 e. The lowest BCUT2D eigenvalue weighted by atomic mass is 10.1. The predicted molar refractivity (Wildman–Crippen MR) is 104 cm³/mol. The van der Waals surface area contributed by atoms with E-state index in [9.17, 15) is 4.79 Å². The van der Waals surface area contributed by atoms with Crippen molar-refractivity contribution < 1.29 is 4.79 Å². The van der Waals surface area contributed by atoms with Gasteiger partial charge < -0.3 is 5.32 Å². The average molecular weight is 417 g/mol. The number of aromatic nitrogens is 3. The lowest BCUT2D eigenvalue weighted by Crippen LogP contribution is -2.14. The molecular weight excluding hydrogens is 400 g/mol. The van der Waals surface area contributed by atoms with Crippen molar-refractivity contribution in [3.8, 4) is 0 Å². The van der Waals surface area contributed by atoms with Gasteiger partial charge in [0.1, 0.15) is 5.82 Å². The van der Waals surface area contributed by atoms with Crippen molar-refractivity contribution in [3.63, 3.8) is 0 Å². The molecule has 7 heteroatoms. The Morgan fingerprint density at radius 2 is 2.04 bits per heavy atom. The summed E-state index contributed by atoms with van der Waals surface area (Å²) in [7, 11) is 0. The minimum absolute atomic E-state index is 0.0878. The molecule has 0 unspecified atom stereocenters. The quantitative estimate of drug-likeness (QED) is 0.590.